The fourth-order valence-corrected chi connectivity index (χ4v) is 2.59. The summed E-state index contributed by atoms with van der Waals surface area (Å²) in [6, 6.07) is 14.0. The van der Waals surface area contributed by atoms with Crippen molar-refractivity contribution >= 4 is 11.5 Å². The van der Waals surface area contributed by atoms with E-state index >= 15 is 0 Å². The predicted molar refractivity (Wildman–Crippen MR) is 85.8 cm³/mol. The Balaban J connectivity index is 1.76. The summed E-state index contributed by atoms with van der Waals surface area (Å²) < 4.78 is 5.42. The van der Waals surface area contributed by atoms with Crippen molar-refractivity contribution in [3.63, 3.8) is 0 Å². The number of nitrogens with zero attached hydrogens (tertiary/aromatic N) is 3. The first-order valence-electron chi connectivity index (χ1n) is 7.38. The Morgan fingerprint density at radius 2 is 2.00 bits per heavy atom. The van der Waals surface area contributed by atoms with Gasteiger partial charge in [-0.05, 0) is 23.8 Å². The molecule has 0 unspecified atom stereocenters. The van der Waals surface area contributed by atoms with Crippen molar-refractivity contribution in [3.8, 4) is 6.07 Å². The van der Waals surface area contributed by atoms with Crippen LogP contribution in [0.15, 0.2) is 42.6 Å². The standard InChI is InChI=1S/C17H18N4O/c18-12-14-5-3-7-19-17(14)20-13-15-4-1-2-6-16(15)21-8-10-22-11-9-21/h1-7H,8-11,13H2,(H,19,20). The number of aromatic nitrogens is 1. The van der Waals surface area contributed by atoms with E-state index in [-0.39, 0.29) is 0 Å². The fraction of sp³-hybridized carbons (Fsp3) is 0.294. The number of morpholine rings is 1. The lowest BCUT2D eigenvalue weighted by molar-refractivity contribution is 0.122. The van der Waals surface area contributed by atoms with Crippen LogP contribution < -0.4 is 10.2 Å². The fourth-order valence-electron chi connectivity index (χ4n) is 2.59. The maximum atomic E-state index is 9.12. The zero-order valence-electron chi connectivity index (χ0n) is 12.3. The average molecular weight is 294 g/mol. The van der Waals surface area contributed by atoms with Crippen LogP contribution in [0.1, 0.15) is 11.1 Å². The van der Waals surface area contributed by atoms with Crippen LogP contribution in [0.3, 0.4) is 0 Å². The molecule has 0 bridgehead atoms. The number of ether oxygens (including phenoxy) is 1. The summed E-state index contributed by atoms with van der Waals surface area (Å²) in [7, 11) is 0. The van der Waals surface area contributed by atoms with Crippen molar-refractivity contribution in [2.24, 2.45) is 0 Å². The van der Waals surface area contributed by atoms with Gasteiger partial charge in [0.15, 0.2) is 0 Å². The van der Waals surface area contributed by atoms with Crippen LogP contribution in [0.4, 0.5) is 11.5 Å². The molecule has 1 aliphatic rings. The predicted octanol–water partition coefficient (Wildman–Crippen LogP) is 2.40. The van der Waals surface area contributed by atoms with Crippen molar-refractivity contribution in [3.05, 3.63) is 53.7 Å². The Kier molecular flexibility index (Phi) is 4.52. The molecule has 1 aliphatic heterocycles. The molecule has 3 rings (SSSR count). The van der Waals surface area contributed by atoms with Gasteiger partial charge in [-0.3, -0.25) is 0 Å². The lowest BCUT2D eigenvalue weighted by Crippen LogP contribution is -2.36. The highest BCUT2D eigenvalue weighted by Crippen LogP contribution is 2.22. The average Bonchev–Trinajstić information content (AvgIpc) is 2.61. The number of nitriles is 1. The van der Waals surface area contributed by atoms with E-state index < -0.39 is 0 Å². The first-order chi connectivity index (χ1) is 10.9. The van der Waals surface area contributed by atoms with Crippen molar-refractivity contribution in [2.75, 3.05) is 36.5 Å². The smallest absolute Gasteiger partial charge is 0.144 e. The van der Waals surface area contributed by atoms with Crippen LogP contribution in [0, 0.1) is 11.3 Å². The summed E-state index contributed by atoms with van der Waals surface area (Å²) >= 11 is 0. The quantitative estimate of drug-likeness (QED) is 0.938. The van der Waals surface area contributed by atoms with Crippen LogP contribution >= 0.6 is 0 Å². The van der Waals surface area contributed by atoms with E-state index in [4.69, 9.17) is 10.00 Å². The van der Waals surface area contributed by atoms with Crippen LogP contribution in [-0.2, 0) is 11.3 Å². The molecule has 22 heavy (non-hydrogen) atoms. The van der Waals surface area contributed by atoms with Crippen molar-refractivity contribution in [2.45, 2.75) is 6.54 Å². The van der Waals surface area contributed by atoms with Gasteiger partial charge >= 0.3 is 0 Å². The minimum absolute atomic E-state index is 0.561. The third-order valence-electron chi connectivity index (χ3n) is 3.72. The summed E-state index contributed by atoms with van der Waals surface area (Å²) in [5.41, 5.74) is 2.97. The Hall–Kier alpha value is -2.58. The summed E-state index contributed by atoms with van der Waals surface area (Å²) in [4.78, 5) is 6.58. The normalized spacial score (nSPS) is 14.4. The van der Waals surface area contributed by atoms with E-state index in [1.807, 2.05) is 6.07 Å². The Morgan fingerprint density at radius 3 is 2.82 bits per heavy atom. The number of hydrogen-bond acceptors (Lipinski definition) is 5. The van der Waals surface area contributed by atoms with Gasteiger partial charge in [-0.2, -0.15) is 5.26 Å². The van der Waals surface area contributed by atoms with E-state index in [1.165, 1.54) is 11.3 Å². The van der Waals surface area contributed by atoms with Gasteiger partial charge in [0.1, 0.15) is 11.9 Å². The van der Waals surface area contributed by atoms with Crippen LogP contribution in [0.5, 0.6) is 0 Å². The monoisotopic (exact) mass is 294 g/mol. The topological polar surface area (TPSA) is 61.2 Å². The van der Waals surface area contributed by atoms with Crippen molar-refractivity contribution in [1.82, 2.24) is 4.98 Å². The summed E-state index contributed by atoms with van der Waals surface area (Å²) in [6.45, 7) is 3.98. The van der Waals surface area contributed by atoms with E-state index in [1.54, 1.807) is 18.3 Å². The molecular formula is C17H18N4O. The molecule has 0 atom stereocenters. The van der Waals surface area contributed by atoms with Gasteiger partial charge in [0.25, 0.3) is 0 Å². The first kappa shape index (κ1) is 14.4. The number of nitrogens with one attached hydrogen (secondary N) is 1. The molecule has 0 amide bonds. The minimum atomic E-state index is 0.561. The van der Waals surface area contributed by atoms with E-state index in [2.05, 4.69) is 39.5 Å². The van der Waals surface area contributed by atoms with Crippen LogP contribution in [0.25, 0.3) is 0 Å². The molecule has 0 spiro atoms. The molecule has 0 radical (unpaired) electrons. The highest BCUT2D eigenvalue weighted by molar-refractivity contribution is 5.57. The molecule has 2 aromatic rings. The van der Waals surface area contributed by atoms with Gasteiger partial charge in [0.2, 0.25) is 0 Å². The number of anilines is 2. The van der Waals surface area contributed by atoms with Gasteiger partial charge in [-0.15, -0.1) is 0 Å². The van der Waals surface area contributed by atoms with Gasteiger partial charge < -0.3 is 15.0 Å². The van der Waals surface area contributed by atoms with Gasteiger partial charge in [0, 0.05) is 31.5 Å². The minimum Gasteiger partial charge on any atom is -0.378 e. The Morgan fingerprint density at radius 1 is 1.18 bits per heavy atom. The number of hydrogen-bond donors (Lipinski definition) is 1. The van der Waals surface area contributed by atoms with Gasteiger partial charge in [-0.1, -0.05) is 18.2 Å². The second-order valence-corrected chi connectivity index (χ2v) is 5.09. The molecule has 1 fully saturated rings. The number of rotatable bonds is 4. The SMILES string of the molecule is N#Cc1cccnc1NCc1ccccc1N1CCOCC1. The molecule has 1 N–H and O–H groups in total. The third kappa shape index (κ3) is 3.18. The Labute approximate surface area is 130 Å². The van der Waals surface area contributed by atoms with Crippen molar-refractivity contribution < 1.29 is 4.74 Å². The summed E-state index contributed by atoms with van der Waals surface area (Å²) in [6.07, 6.45) is 1.69. The molecule has 1 aromatic heterocycles. The molecule has 1 saturated heterocycles. The zero-order chi connectivity index (χ0) is 15.2. The lowest BCUT2D eigenvalue weighted by atomic mass is 10.1. The third-order valence-corrected chi connectivity index (χ3v) is 3.72. The maximum absolute atomic E-state index is 9.12. The van der Waals surface area contributed by atoms with E-state index in [0.29, 0.717) is 17.9 Å². The highest BCUT2D eigenvalue weighted by atomic mass is 16.5. The van der Waals surface area contributed by atoms with Crippen LogP contribution in [0.2, 0.25) is 0 Å². The highest BCUT2D eigenvalue weighted by Gasteiger charge is 2.14. The molecule has 0 aliphatic carbocycles. The van der Waals surface area contributed by atoms with Crippen LogP contribution in [-0.4, -0.2) is 31.3 Å². The summed E-state index contributed by atoms with van der Waals surface area (Å²) in [5, 5.41) is 12.4. The van der Waals surface area contributed by atoms with Crippen molar-refractivity contribution in [1.29, 1.82) is 5.26 Å². The zero-order valence-corrected chi connectivity index (χ0v) is 12.3. The molecule has 1 aromatic carbocycles. The lowest BCUT2D eigenvalue weighted by Gasteiger charge is -2.30. The Bertz CT molecular complexity index is 674. The maximum Gasteiger partial charge on any atom is 0.144 e. The molecular weight excluding hydrogens is 276 g/mol. The van der Waals surface area contributed by atoms with E-state index in [9.17, 15) is 0 Å². The molecule has 0 saturated carbocycles. The second-order valence-electron chi connectivity index (χ2n) is 5.09. The molecule has 112 valence electrons. The molecule has 5 nitrogen and oxygen atoms in total. The number of para-hydroxylation sites is 1. The molecule has 2 heterocycles. The van der Waals surface area contributed by atoms with Gasteiger partial charge in [-0.25, -0.2) is 4.98 Å². The second kappa shape index (κ2) is 6.92. The van der Waals surface area contributed by atoms with E-state index in [0.717, 1.165) is 26.3 Å². The number of pyridine rings is 1. The summed E-state index contributed by atoms with van der Waals surface area (Å²) in [5.74, 6) is 0.627. The van der Waals surface area contributed by atoms with Gasteiger partial charge in [0.05, 0.1) is 18.8 Å². The first-order valence-corrected chi connectivity index (χ1v) is 7.38. The largest absolute Gasteiger partial charge is 0.378 e. The number of benzene rings is 1. The molecule has 5 heteroatoms.